The number of rotatable bonds is 6. The van der Waals surface area contributed by atoms with Gasteiger partial charge in [0.2, 0.25) is 5.91 Å². The van der Waals surface area contributed by atoms with Crippen molar-refractivity contribution in [2.24, 2.45) is 0 Å². The highest BCUT2D eigenvalue weighted by Gasteiger charge is 2.33. The van der Waals surface area contributed by atoms with E-state index in [1.807, 2.05) is 0 Å². The van der Waals surface area contributed by atoms with Crippen LogP contribution in [0.5, 0.6) is 11.5 Å². The van der Waals surface area contributed by atoms with Crippen molar-refractivity contribution < 1.29 is 32.4 Å². The van der Waals surface area contributed by atoms with Gasteiger partial charge in [-0.3, -0.25) is 14.9 Å². The van der Waals surface area contributed by atoms with Gasteiger partial charge in [0.15, 0.2) is 11.5 Å². The maximum absolute atomic E-state index is 12.8. The van der Waals surface area contributed by atoms with Gasteiger partial charge in [-0.2, -0.15) is 13.2 Å². The van der Waals surface area contributed by atoms with E-state index in [2.05, 4.69) is 10.6 Å². The Bertz CT molecular complexity index is 951. The topological polar surface area (TPSA) is 103 Å². The Balaban J connectivity index is 1.60. The van der Waals surface area contributed by atoms with E-state index in [0.29, 0.717) is 23.6 Å². The Morgan fingerprint density at radius 1 is 1.27 bits per heavy atom. The van der Waals surface area contributed by atoms with Crippen LogP contribution in [-0.2, 0) is 11.0 Å². The molecule has 1 heterocycles. The van der Waals surface area contributed by atoms with Crippen molar-refractivity contribution in [3.05, 3.63) is 58.1 Å². The number of hydrogen-bond acceptors (Lipinski definition) is 6. The summed E-state index contributed by atoms with van der Waals surface area (Å²) in [5.74, 6) is 0.644. The predicted octanol–water partition coefficient (Wildman–Crippen LogP) is 3.37. The molecule has 8 nitrogen and oxygen atoms in total. The zero-order valence-electron chi connectivity index (χ0n) is 15.7. The van der Waals surface area contributed by atoms with Crippen LogP contribution in [0.15, 0.2) is 42.5 Å². The summed E-state index contributed by atoms with van der Waals surface area (Å²) >= 11 is 0. The van der Waals surface area contributed by atoms with Gasteiger partial charge in [-0.05, 0) is 31.2 Å². The van der Waals surface area contributed by atoms with E-state index in [1.54, 1.807) is 24.3 Å². The minimum atomic E-state index is -4.72. The lowest BCUT2D eigenvalue weighted by Crippen LogP contribution is -2.45. The summed E-state index contributed by atoms with van der Waals surface area (Å²) in [6, 6.07) is 8.20. The van der Waals surface area contributed by atoms with Crippen molar-refractivity contribution in [3.8, 4) is 11.5 Å². The van der Waals surface area contributed by atoms with Gasteiger partial charge in [-0.25, -0.2) is 0 Å². The van der Waals surface area contributed by atoms with E-state index in [4.69, 9.17) is 9.47 Å². The lowest BCUT2D eigenvalue weighted by Gasteiger charge is -2.27. The maximum Gasteiger partial charge on any atom is 0.416 e. The number of benzene rings is 2. The Kier molecular flexibility index (Phi) is 5.99. The zero-order valence-corrected chi connectivity index (χ0v) is 15.7. The molecular formula is C19H18F3N3O5. The molecule has 2 N–H and O–H groups in total. The third-order valence-electron chi connectivity index (χ3n) is 4.36. The first-order valence-electron chi connectivity index (χ1n) is 8.93. The molecule has 0 spiro atoms. The lowest BCUT2D eigenvalue weighted by atomic mass is 10.1. The number of carbonyl (C=O) groups excluding carboxylic acids is 1. The van der Waals surface area contributed by atoms with Gasteiger partial charge in [0, 0.05) is 6.07 Å². The van der Waals surface area contributed by atoms with Crippen molar-refractivity contribution in [2.45, 2.75) is 25.2 Å². The van der Waals surface area contributed by atoms with Crippen LogP contribution in [0.4, 0.5) is 24.5 Å². The van der Waals surface area contributed by atoms with Crippen LogP contribution in [0.3, 0.4) is 0 Å². The molecule has 2 aromatic rings. The minimum Gasteiger partial charge on any atom is -0.486 e. The molecule has 1 aliphatic heterocycles. The molecule has 0 radical (unpaired) electrons. The third-order valence-corrected chi connectivity index (χ3v) is 4.36. The van der Waals surface area contributed by atoms with Crippen molar-refractivity contribution in [1.29, 1.82) is 0 Å². The molecule has 0 saturated heterocycles. The van der Waals surface area contributed by atoms with Crippen molar-refractivity contribution in [3.63, 3.8) is 0 Å². The second-order valence-electron chi connectivity index (χ2n) is 6.60. The number of anilines is 1. The van der Waals surface area contributed by atoms with Gasteiger partial charge in [-0.1, -0.05) is 12.1 Å². The number of carbonyl (C=O) groups is 1. The molecule has 2 unspecified atom stereocenters. The molecule has 2 aromatic carbocycles. The highest BCUT2D eigenvalue weighted by molar-refractivity contribution is 5.85. The average molecular weight is 425 g/mol. The Labute approximate surface area is 169 Å². The van der Waals surface area contributed by atoms with Gasteiger partial charge in [0.05, 0.1) is 17.0 Å². The molecule has 30 heavy (non-hydrogen) atoms. The van der Waals surface area contributed by atoms with Gasteiger partial charge >= 0.3 is 6.18 Å². The average Bonchev–Trinajstić information content (AvgIpc) is 2.71. The Hall–Kier alpha value is -3.50. The van der Waals surface area contributed by atoms with Gasteiger partial charge < -0.3 is 20.1 Å². The monoisotopic (exact) mass is 425 g/mol. The molecule has 0 fully saturated rings. The van der Waals surface area contributed by atoms with Crippen LogP contribution >= 0.6 is 0 Å². The van der Waals surface area contributed by atoms with Gasteiger partial charge in [0.25, 0.3) is 5.69 Å². The van der Waals surface area contributed by atoms with Crippen LogP contribution in [0.25, 0.3) is 0 Å². The van der Waals surface area contributed by atoms with E-state index >= 15 is 0 Å². The Morgan fingerprint density at radius 3 is 2.63 bits per heavy atom. The van der Waals surface area contributed by atoms with E-state index < -0.39 is 40.4 Å². The number of nitro groups is 1. The molecule has 0 bridgehead atoms. The number of ether oxygens (including phenoxy) is 2. The summed E-state index contributed by atoms with van der Waals surface area (Å²) in [5.41, 5.74) is -2.11. The van der Waals surface area contributed by atoms with Crippen LogP contribution in [-0.4, -0.2) is 36.1 Å². The summed E-state index contributed by atoms with van der Waals surface area (Å²) in [5, 5.41) is 16.4. The molecule has 0 aliphatic carbocycles. The molecule has 2 atom stereocenters. The number of halogens is 3. The summed E-state index contributed by atoms with van der Waals surface area (Å²) < 4.78 is 49.6. The van der Waals surface area contributed by atoms with Crippen LogP contribution in [0.2, 0.25) is 0 Å². The fraction of sp³-hybridized carbons (Fsp3) is 0.316. The smallest absolute Gasteiger partial charge is 0.416 e. The molecule has 1 aliphatic rings. The third kappa shape index (κ3) is 4.91. The molecule has 11 heteroatoms. The number of nitrogens with zero attached hydrogens (tertiary/aromatic N) is 1. The largest absolute Gasteiger partial charge is 0.486 e. The van der Waals surface area contributed by atoms with E-state index in [0.717, 1.165) is 6.07 Å². The molecule has 0 saturated carbocycles. The number of fused-ring (bicyclic) bond motifs is 1. The van der Waals surface area contributed by atoms with E-state index in [1.165, 1.54) is 6.92 Å². The molecular weight excluding hydrogens is 407 g/mol. The van der Waals surface area contributed by atoms with Crippen LogP contribution < -0.4 is 20.1 Å². The summed E-state index contributed by atoms with van der Waals surface area (Å²) in [4.78, 5) is 22.5. The second-order valence-corrected chi connectivity index (χ2v) is 6.60. The summed E-state index contributed by atoms with van der Waals surface area (Å²) in [6.07, 6.45) is -5.15. The van der Waals surface area contributed by atoms with Crippen LogP contribution in [0, 0.1) is 10.1 Å². The standard InChI is InChI=1S/C19H18F3N3O5/c1-11(24-14-7-6-12(19(20,21)22)8-15(14)25(27)28)18(26)23-9-13-10-29-16-4-2-3-5-17(16)30-13/h2-8,11,13,24H,9-10H2,1H3,(H,23,26). The maximum atomic E-state index is 12.8. The summed E-state index contributed by atoms with van der Waals surface area (Å²) in [7, 11) is 0. The van der Waals surface area contributed by atoms with Gasteiger partial charge in [-0.15, -0.1) is 0 Å². The number of nitrogens with one attached hydrogen (secondary N) is 2. The summed E-state index contributed by atoms with van der Waals surface area (Å²) in [6.45, 7) is 1.78. The highest BCUT2D eigenvalue weighted by Crippen LogP contribution is 2.35. The number of hydrogen-bond donors (Lipinski definition) is 2. The number of amides is 1. The Morgan fingerprint density at radius 2 is 1.97 bits per heavy atom. The predicted molar refractivity (Wildman–Crippen MR) is 101 cm³/mol. The van der Waals surface area contributed by atoms with E-state index in [9.17, 15) is 28.1 Å². The number of para-hydroxylation sites is 2. The first-order chi connectivity index (χ1) is 14.1. The minimum absolute atomic E-state index is 0.119. The first-order valence-corrected chi connectivity index (χ1v) is 8.93. The van der Waals surface area contributed by atoms with Gasteiger partial charge in [0.1, 0.15) is 24.4 Å². The molecule has 160 valence electrons. The van der Waals surface area contributed by atoms with Crippen molar-refractivity contribution >= 4 is 17.3 Å². The normalized spacial score (nSPS) is 16.5. The van der Waals surface area contributed by atoms with Crippen molar-refractivity contribution in [1.82, 2.24) is 5.32 Å². The SMILES string of the molecule is CC(Nc1ccc(C(F)(F)F)cc1[N+](=O)[O-])C(=O)NCC1COc2ccccc2O1. The number of alkyl halides is 3. The lowest BCUT2D eigenvalue weighted by molar-refractivity contribution is -0.384. The first kappa shape index (κ1) is 21.2. The second kappa shape index (κ2) is 8.47. The van der Waals surface area contributed by atoms with Crippen LogP contribution in [0.1, 0.15) is 12.5 Å². The molecule has 3 rings (SSSR count). The molecule has 0 aromatic heterocycles. The van der Waals surface area contributed by atoms with Crippen molar-refractivity contribution in [2.75, 3.05) is 18.5 Å². The zero-order chi connectivity index (χ0) is 21.9. The highest BCUT2D eigenvalue weighted by atomic mass is 19.4. The quantitative estimate of drug-likeness (QED) is 0.544. The molecule has 1 amide bonds. The fourth-order valence-electron chi connectivity index (χ4n) is 2.81. The number of nitro benzene ring substituents is 1. The fourth-order valence-corrected chi connectivity index (χ4v) is 2.81. The van der Waals surface area contributed by atoms with E-state index in [-0.39, 0.29) is 18.8 Å².